The van der Waals surface area contributed by atoms with Gasteiger partial charge in [-0.15, -0.1) is 10.2 Å². The number of nitrogens with zero attached hydrogens (tertiary/aromatic N) is 6. The van der Waals surface area contributed by atoms with E-state index in [1.54, 1.807) is 43.6 Å². The fraction of sp³-hybridized carbons (Fsp3) is 0.250. The van der Waals surface area contributed by atoms with Crippen molar-refractivity contribution in [2.45, 2.75) is 18.7 Å². The molecule has 180 valence electrons. The second-order valence-corrected chi connectivity index (χ2v) is 10.2. The van der Waals surface area contributed by atoms with Crippen molar-refractivity contribution in [1.82, 2.24) is 24.5 Å². The molecular formula is C24H25N7O3S. The molecule has 0 unspecified atom stereocenters. The van der Waals surface area contributed by atoms with Gasteiger partial charge in [-0.1, -0.05) is 12.1 Å². The fourth-order valence-electron chi connectivity index (χ4n) is 3.90. The molecule has 0 bridgehead atoms. The van der Waals surface area contributed by atoms with Gasteiger partial charge >= 0.3 is 0 Å². The van der Waals surface area contributed by atoms with Gasteiger partial charge in [-0.2, -0.15) is 4.31 Å². The van der Waals surface area contributed by atoms with E-state index in [0.29, 0.717) is 55.2 Å². The zero-order chi connectivity index (χ0) is 24.4. The van der Waals surface area contributed by atoms with Crippen molar-refractivity contribution >= 4 is 27.5 Å². The lowest BCUT2D eigenvalue weighted by molar-refractivity contribution is 0.383. The summed E-state index contributed by atoms with van der Waals surface area (Å²) in [4.78, 5) is 10.8. The van der Waals surface area contributed by atoms with Gasteiger partial charge in [0.15, 0.2) is 17.5 Å². The van der Waals surface area contributed by atoms with Gasteiger partial charge in [0.25, 0.3) is 0 Å². The van der Waals surface area contributed by atoms with Gasteiger partial charge in [0.05, 0.1) is 4.90 Å². The Bertz CT molecular complexity index is 1410. The number of sulfonamides is 1. The highest BCUT2D eigenvalue weighted by molar-refractivity contribution is 7.89. The summed E-state index contributed by atoms with van der Waals surface area (Å²) in [6.07, 6.45) is 3.29. The standard InChI is InChI=1S/C24H25N7O3S/c1-17-9-10-25-23(15-17)27-22-7-8-24(29-28-22)30-11-13-31(14-12-30)35(32,33)20-5-3-19(4-6-20)21-16-34-18(2)26-21/h3-10,15-16H,11-14H2,1-2H3,(H,25,27,28). The van der Waals surface area contributed by atoms with Gasteiger partial charge in [0.2, 0.25) is 10.0 Å². The number of aryl methyl sites for hydroxylation is 2. The number of aromatic nitrogens is 4. The van der Waals surface area contributed by atoms with Crippen LogP contribution in [-0.2, 0) is 10.0 Å². The third kappa shape index (κ3) is 5.00. The Morgan fingerprint density at radius 3 is 2.31 bits per heavy atom. The molecule has 1 saturated heterocycles. The first-order valence-corrected chi connectivity index (χ1v) is 12.6. The Hall–Kier alpha value is -3.83. The molecule has 0 amide bonds. The molecule has 11 heteroatoms. The van der Waals surface area contributed by atoms with Crippen molar-refractivity contribution in [3.8, 4) is 11.3 Å². The molecule has 0 aliphatic carbocycles. The summed E-state index contributed by atoms with van der Waals surface area (Å²) in [5.41, 5.74) is 2.58. The molecule has 10 nitrogen and oxygen atoms in total. The minimum atomic E-state index is -3.60. The minimum absolute atomic E-state index is 0.259. The summed E-state index contributed by atoms with van der Waals surface area (Å²) in [6.45, 7) is 5.54. The van der Waals surface area contributed by atoms with Crippen LogP contribution in [0.2, 0.25) is 0 Å². The quantitative estimate of drug-likeness (QED) is 0.433. The second kappa shape index (κ2) is 9.43. The van der Waals surface area contributed by atoms with Gasteiger partial charge < -0.3 is 14.6 Å². The van der Waals surface area contributed by atoms with E-state index in [-0.39, 0.29) is 4.90 Å². The third-order valence-corrected chi connectivity index (χ3v) is 7.70. The molecule has 0 saturated carbocycles. The average Bonchev–Trinajstić information content (AvgIpc) is 3.31. The van der Waals surface area contributed by atoms with Crippen LogP contribution in [-0.4, -0.2) is 59.1 Å². The molecule has 0 atom stereocenters. The first-order chi connectivity index (χ1) is 16.9. The van der Waals surface area contributed by atoms with E-state index in [0.717, 1.165) is 11.1 Å². The molecule has 1 N–H and O–H groups in total. The maximum Gasteiger partial charge on any atom is 0.243 e. The number of pyridine rings is 1. The van der Waals surface area contributed by atoms with Crippen molar-refractivity contribution in [3.05, 3.63) is 72.4 Å². The largest absolute Gasteiger partial charge is 0.449 e. The number of rotatable bonds is 6. The normalized spacial score (nSPS) is 14.7. The predicted molar refractivity (Wildman–Crippen MR) is 132 cm³/mol. The van der Waals surface area contributed by atoms with Crippen LogP contribution in [0.15, 0.2) is 70.3 Å². The van der Waals surface area contributed by atoms with E-state index in [1.807, 2.05) is 36.1 Å². The van der Waals surface area contributed by atoms with Crippen LogP contribution in [0.3, 0.4) is 0 Å². The average molecular weight is 492 g/mol. The van der Waals surface area contributed by atoms with E-state index in [2.05, 4.69) is 25.5 Å². The van der Waals surface area contributed by atoms with Gasteiger partial charge in [-0.25, -0.2) is 18.4 Å². The molecule has 5 rings (SSSR count). The maximum atomic E-state index is 13.2. The predicted octanol–water partition coefficient (Wildman–Crippen LogP) is 3.40. The Kier molecular flexibility index (Phi) is 6.18. The number of hydrogen-bond acceptors (Lipinski definition) is 9. The molecule has 4 heterocycles. The molecular weight excluding hydrogens is 466 g/mol. The highest BCUT2D eigenvalue weighted by Gasteiger charge is 2.29. The Morgan fingerprint density at radius 1 is 0.914 bits per heavy atom. The lowest BCUT2D eigenvalue weighted by atomic mass is 10.2. The fourth-order valence-corrected chi connectivity index (χ4v) is 5.32. The molecule has 4 aromatic rings. The number of benzene rings is 1. The lowest BCUT2D eigenvalue weighted by Gasteiger charge is -2.34. The van der Waals surface area contributed by atoms with Crippen LogP contribution in [0.4, 0.5) is 17.5 Å². The van der Waals surface area contributed by atoms with Crippen LogP contribution < -0.4 is 10.2 Å². The molecule has 1 aromatic carbocycles. The first kappa shape index (κ1) is 22.9. The van der Waals surface area contributed by atoms with Crippen molar-refractivity contribution < 1.29 is 12.8 Å². The second-order valence-electron chi connectivity index (χ2n) is 8.29. The molecule has 3 aromatic heterocycles. The summed E-state index contributed by atoms with van der Waals surface area (Å²) >= 11 is 0. The van der Waals surface area contributed by atoms with E-state index in [1.165, 1.54) is 4.31 Å². The molecule has 0 spiro atoms. The molecule has 1 aliphatic rings. The van der Waals surface area contributed by atoms with E-state index < -0.39 is 10.0 Å². The highest BCUT2D eigenvalue weighted by Crippen LogP contribution is 2.24. The van der Waals surface area contributed by atoms with Crippen LogP contribution in [0.5, 0.6) is 0 Å². The maximum absolute atomic E-state index is 13.2. The summed E-state index contributed by atoms with van der Waals surface area (Å²) in [6, 6.07) is 14.3. The van der Waals surface area contributed by atoms with Crippen molar-refractivity contribution in [1.29, 1.82) is 0 Å². The molecule has 1 aliphatic heterocycles. The zero-order valence-electron chi connectivity index (χ0n) is 19.4. The van der Waals surface area contributed by atoms with Crippen LogP contribution >= 0.6 is 0 Å². The van der Waals surface area contributed by atoms with E-state index in [4.69, 9.17) is 4.42 Å². The molecule has 1 fully saturated rings. The third-order valence-electron chi connectivity index (χ3n) is 5.79. The van der Waals surface area contributed by atoms with Crippen molar-refractivity contribution in [2.75, 3.05) is 36.4 Å². The smallest absolute Gasteiger partial charge is 0.243 e. The monoisotopic (exact) mass is 491 g/mol. The van der Waals surface area contributed by atoms with Gasteiger partial charge in [-0.05, 0) is 48.9 Å². The number of anilines is 3. The topological polar surface area (TPSA) is 117 Å². The summed E-state index contributed by atoms with van der Waals surface area (Å²) < 4.78 is 33.1. The summed E-state index contributed by atoms with van der Waals surface area (Å²) in [7, 11) is -3.60. The number of piperazine rings is 1. The lowest BCUT2D eigenvalue weighted by Crippen LogP contribution is -2.48. The van der Waals surface area contributed by atoms with Crippen LogP contribution in [0.1, 0.15) is 11.5 Å². The Balaban J connectivity index is 1.21. The van der Waals surface area contributed by atoms with E-state index >= 15 is 0 Å². The van der Waals surface area contributed by atoms with Gasteiger partial charge in [-0.3, -0.25) is 0 Å². The van der Waals surface area contributed by atoms with Crippen LogP contribution in [0.25, 0.3) is 11.3 Å². The van der Waals surface area contributed by atoms with Gasteiger partial charge in [0, 0.05) is 44.9 Å². The SMILES string of the molecule is Cc1ccnc(Nc2ccc(N3CCN(S(=O)(=O)c4ccc(-c5coc(C)n5)cc4)CC3)nn2)c1. The molecule has 35 heavy (non-hydrogen) atoms. The summed E-state index contributed by atoms with van der Waals surface area (Å²) in [5, 5.41) is 11.7. The Labute approximate surface area is 203 Å². The van der Waals surface area contributed by atoms with Gasteiger partial charge in [0.1, 0.15) is 17.8 Å². The van der Waals surface area contributed by atoms with Crippen molar-refractivity contribution in [2.24, 2.45) is 0 Å². The zero-order valence-corrected chi connectivity index (χ0v) is 20.2. The van der Waals surface area contributed by atoms with Crippen LogP contribution in [0, 0.1) is 13.8 Å². The molecule has 0 radical (unpaired) electrons. The van der Waals surface area contributed by atoms with Crippen molar-refractivity contribution in [3.63, 3.8) is 0 Å². The first-order valence-electron chi connectivity index (χ1n) is 11.2. The number of nitrogens with one attached hydrogen (secondary N) is 1. The minimum Gasteiger partial charge on any atom is -0.449 e. The Morgan fingerprint density at radius 2 is 1.69 bits per heavy atom. The highest BCUT2D eigenvalue weighted by atomic mass is 32.2. The summed E-state index contributed by atoms with van der Waals surface area (Å²) in [5.74, 6) is 2.57. The number of oxazole rings is 1. The van der Waals surface area contributed by atoms with E-state index in [9.17, 15) is 8.42 Å². The number of hydrogen-bond donors (Lipinski definition) is 1.